The number of ether oxygens (including phenoxy) is 1. The highest BCUT2D eigenvalue weighted by atomic mass is 16.5. The van der Waals surface area contributed by atoms with Crippen molar-refractivity contribution in [3.8, 4) is 0 Å². The van der Waals surface area contributed by atoms with E-state index in [0.29, 0.717) is 12.1 Å². The number of hydrogen-bond acceptors (Lipinski definition) is 3. The van der Waals surface area contributed by atoms with Crippen LogP contribution in [0, 0.1) is 13.8 Å². The van der Waals surface area contributed by atoms with E-state index in [2.05, 4.69) is 56.4 Å². The van der Waals surface area contributed by atoms with Crippen LogP contribution < -0.4 is 5.32 Å². The summed E-state index contributed by atoms with van der Waals surface area (Å²) in [5.41, 5.74) is 4.09. The molecule has 3 nitrogen and oxygen atoms in total. The zero-order chi connectivity index (χ0) is 15.2. The maximum atomic E-state index is 5.72. The second kappa shape index (κ2) is 7.92. The number of nitrogens with zero attached hydrogens (tertiary/aromatic N) is 1. The van der Waals surface area contributed by atoms with Gasteiger partial charge in [-0.1, -0.05) is 29.3 Å². The third-order valence-corrected chi connectivity index (χ3v) is 4.33. The van der Waals surface area contributed by atoms with E-state index in [1.807, 2.05) is 0 Å². The smallest absolute Gasteiger partial charge is 0.0702 e. The van der Waals surface area contributed by atoms with Crippen molar-refractivity contribution in [1.82, 2.24) is 10.2 Å². The molecule has 2 rings (SSSR count). The topological polar surface area (TPSA) is 24.5 Å². The zero-order valence-corrected chi connectivity index (χ0v) is 14.0. The summed E-state index contributed by atoms with van der Waals surface area (Å²) in [6, 6.07) is 7.26. The molecule has 2 unspecified atom stereocenters. The summed E-state index contributed by atoms with van der Waals surface area (Å²) < 4.78 is 5.72. The summed E-state index contributed by atoms with van der Waals surface area (Å²) in [4.78, 5) is 2.41. The second-order valence-corrected chi connectivity index (χ2v) is 6.45. The Morgan fingerprint density at radius 1 is 1.29 bits per heavy atom. The fourth-order valence-electron chi connectivity index (χ4n) is 3.27. The van der Waals surface area contributed by atoms with Crippen LogP contribution in [0.25, 0.3) is 0 Å². The van der Waals surface area contributed by atoms with Crippen LogP contribution in [0.3, 0.4) is 0 Å². The summed E-state index contributed by atoms with van der Waals surface area (Å²) in [6.07, 6.45) is 4.02. The van der Waals surface area contributed by atoms with E-state index in [0.717, 1.165) is 26.1 Å². The SMILES string of the molecule is CNC(CCN(C)CC1CCCO1)c1cc(C)cc(C)c1. The molecule has 1 fully saturated rings. The minimum Gasteiger partial charge on any atom is -0.377 e. The van der Waals surface area contributed by atoms with Gasteiger partial charge in [0.2, 0.25) is 0 Å². The molecule has 1 saturated heterocycles. The van der Waals surface area contributed by atoms with Gasteiger partial charge in [0.25, 0.3) is 0 Å². The molecule has 1 aliphatic heterocycles. The summed E-state index contributed by atoms with van der Waals surface area (Å²) in [5, 5.41) is 3.46. The molecule has 2 atom stereocenters. The first kappa shape index (κ1) is 16.5. The lowest BCUT2D eigenvalue weighted by Gasteiger charge is -2.24. The van der Waals surface area contributed by atoms with Crippen molar-refractivity contribution in [2.24, 2.45) is 0 Å². The normalized spacial score (nSPS) is 20.1. The molecule has 3 heteroatoms. The van der Waals surface area contributed by atoms with Crippen molar-refractivity contribution in [2.45, 2.75) is 45.3 Å². The zero-order valence-electron chi connectivity index (χ0n) is 14.0. The van der Waals surface area contributed by atoms with Crippen LogP contribution in [0.5, 0.6) is 0 Å². The van der Waals surface area contributed by atoms with Gasteiger partial charge in [0, 0.05) is 19.2 Å². The molecule has 1 N–H and O–H groups in total. The molecule has 1 aromatic rings. The van der Waals surface area contributed by atoms with E-state index in [4.69, 9.17) is 4.74 Å². The van der Waals surface area contributed by atoms with Crippen molar-refractivity contribution in [3.63, 3.8) is 0 Å². The first-order valence-corrected chi connectivity index (χ1v) is 8.14. The van der Waals surface area contributed by atoms with E-state index < -0.39 is 0 Å². The molecule has 21 heavy (non-hydrogen) atoms. The molecular weight excluding hydrogens is 260 g/mol. The van der Waals surface area contributed by atoms with Crippen LogP contribution in [-0.2, 0) is 4.74 Å². The molecule has 118 valence electrons. The molecule has 1 heterocycles. The molecule has 1 aromatic carbocycles. The number of rotatable bonds is 7. The van der Waals surface area contributed by atoms with Gasteiger partial charge in [-0.25, -0.2) is 0 Å². The minimum atomic E-state index is 0.426. The van der Waals surface area contributed by atoms with Gasteiger partial charge in [-0.3, -0.25) is 0 Å². The Hall–Kier alpha value is -0.900. The number of likely N-dealkylation sites (N-methyl/N-ethyl adjacent to an activating group) is 1. The molecule has 0 saturated carbocycles. The third-order valence-electron chi connectivity index (χ3n) is 4.33. The standard InChI is InChI=1S/C18H30N2O/c1-14-10-15(2)12-16(11-14)18(19-3)7-8-20(4)13-17-6-5-9-21-17/h10-12,17-19H,5-9,13H2,1-4H3. The number of aryl methyl sites for hydroxylation is 2. The predicted molar refractivity (Wildman–Crippen MR) is 88.8 cm³/mol. The van der Waals surface area contributed by atoms with Crippen molar-refractivity contribution < 1.29 is 4.74 Å². The Labute approximate surface area is 129 Å². The second-order valence-electron chi connectivity index (χ2n) is 6.45. The lowest BCUT2D eigenvalue weighted by molar-refractivity contribution is 0.0801. The average Bonchev–Trinajstić information content (AvgIpc) is 2.91. The average molecular weight is 290 g/mol. The Bertz CT molecular complexity index is 421. The Morgan fingerprint density at radius 3 is 2.57 bits per heavy atom. The Kier molecular flexibility index (Phi) is 6.22. The molecular formula is C18H30N2O. The highest BCUT2D eigenvalue weighted by Crippen LogP contribution is 2.20. The maximum absolute atomic E-state index is 5.72. The van der Waals surface area contributed by atoms with Gasteiger partial charge >= 0.3 is 0 Å². The number of hydrogen-bond donors (Lipinski definition) is 1. The van der Waals surface area contributed by atoms with Gasteiger partial charge in [-0.2, -0.15) is 0 Å². The Balaban J connectivity index is 1.86. The van der Waals surface area contributed by atoms with Crippen LogP contribution in [0.2, 0.25) is 0 Å². The van der Waals surface area contributed by atoms with Crippen LogP contribution in [0.1, 0.15) is 42.0 Å². The van der Waals surface area contributed by atoms with Crippen LogP contribution in [0.15, 0.2) is 18.2 Å². The molecule has 0 amide bonds. The van der Waals surface area contributed by atoms with Gasteiger partial charge in [0.1, 0.15) is 0 Å². The van der Waals surface area contributed by atoms with E-state index in [-0.39, 0.29) is 0 Å². The fourth-order valence-corrected chi connectivity index (χ4v) is 3.27. The fraction of sp³-hybridized carbons (Fsp3) is 0.667. The minimum absolute atomic E-state index is 0.426. The predicted octanol–water partition coefficient (Wildman–Crippen LogP) is 3.06. The summed E-state index contributed by atoms with van der Waals surface area (Å²) in [7, 11) is 4.26. The van der Waals surface area contributed by atoms with E-state index in [1.165, 1.54) is 29.5 Å². The lowest BCUT2D eigenvalue weighted by atomic mass is 9.99. The van der Waals surface area contributed by atoms with Crippen molar-refractivity contribution in [2.75, 3.05) is 33.8 Å². The van der Waals surface area contributed by atoms with Gasteiger partial charge in [-0.15, -0.1) is 0 Å². The van der Waals surface area contributed by atoms with Crippen molar-refractivity contribution >= 4 is 0 Å². The largest absolute Gasteiger partial charge is 0.377 e. The maximum Gasteiger partial charge on any atom is 0.0702 e. The number of benzene rings is 1. The van der Waals surface area contributed by atoms with E-state index in [9.17, 15) is 0 Å². The van der Waals surface area contributed by atoms with Crippen LogP contribution in [-0.4, -0.2) is 44.8 Å². The molecule has 0 aliphatic carbocycles. The summed E-state index contributed by atoms with van der Waals surface area (Å²) >= 11 is 0. The van der Waals surface area contributed by atoms with Gasteiger partial charge < -0.3 is 15.0 Å². The number of nitrogens with one attached hydrogen (secondary N) is 1. The first-order chi connectivity index (χ1) is 10.1. The first-order valence-electron chi connectivity index (χ1n) is 8.14. The van der Waals surface area contributed by atoms with Crippen molar-refractivity contribution in [1.29, 1.82) is 0 Å². The summed E-state index contributed by atoms with van der Waals surface area (Å²) in [6.45, 7) is 7.45. The monoisotopic (exact) mass is 290 g/mol. The molecule has 0 bridgehead atoms. The lowest BCUT2D eigenvalue weighted by Crippen LogP contribution is -2.31. The molecule has 0 radical (unpaired) electrons. The molecule has 1 aliphatic rings. The molecule has 0 spiro atoms. The highest BCUT2D eigenvalue weighted by molar-refractivity contribution is 5.30. The Morgan fingerprint density at radius 2 is 2.00 bits per heavy atom. The van der Waals surface area contributed by atoms with Crippen molar-refractivity contribution in [3.05, 3.63) is 34.9 Å². The van der Waals surface area contributed by atoms with Crippen LogP contribution >= 0.6 is 0 Å². The van der Waals surface area contributed by atoms with Gasteiger partial charge in [0.15, 0.2) is 0 Å². The quantitative estimate of drug-likeness (QED) is 0.835. The van der Waals surface area contributed by atoms with Crippen LogP contribution in [0.4, 0.5) is 0 Å². The van der Waals surface area contributed by atoms with E-state index in [1.54, 1.807) is 0 Å². The van der Waals surface area contributed by atoms with E-state index >= 15 is 0 Å². The molecule has 0 aromatic heterocycles. The van der Waals surface area contributed by atoms with Gasteiger partial charge in [-0.05, 0) is 59.3 Å². The summed E-state index contributed by atoms with van der Waals surface area (Å²) in [5.74, 6) is 0. The van der Waals surface area contributed by atoms with Gasteiger partial charge in [0.05, 0.1) is 6.10 Å². The highest BCUT2D eigenvalue weighted by Gasteiger charge is 2.18. The third kappa shape index (κ3) is 5.10.